The zero-order chi connectivity index (χ0) is 13.2. The van der Waals surface area contributed by atoms with Crippen molar-refractivity contribution in [2.24, 2.45) is 0 Å². The van der Waals surface area contributed by atoms with Crippen LogP contribution in [0.1, 0.15) is 17.3 Å². The highest BCUT2D eigenvalue weighted by atomic mass is 79.9. The van der Waals surface area contributed by atoms with Crippen molar-refractivity contribution in [1.82, 2.24) is 0 Å². The Hall–Kier alpha value is -1.11. The van der Waals surface area contributed by atoms with Crippen molar-refractivity contribution in [3.63, 3.8) is 0 Å². The van der Waals surface area contributed by atoms with E-state index in [2.05, 4.69) is 20.7 Å². The number of alkyl halides is 4. The molecule has 2 nitrogen and oxygen atoms in total. The van der Waals surface area contributed by atoms with Crippen LogP contribution in [-0.4, -0.2) is 17.0 Å². The van der Waals surface area contributed by atoms with Gasteiger partial charge < -0.3 is 4.74 Å². The molecule has 0 fully saturated rings. The molecule has 7 heteroatoms. The predicted molar refractivity (Wildman–Crippen MR) is 55.8 cm³/mol. The minimum absolute atomic E-state index is 0.714. The van der Waals surface area contributed by atoms with Gasteiger partial charge in [-0.05, 0) is 19.1 Å². The summed E-state index contributed by atoms with van der Waals surface area (Å²) in [5.41, 5.74) is -0.714. The molecule has 0 N–H and O–H groups in total. The molecule has 0 aliphatic rings. The van der Waals surface area contributed by atoms with Crippen LogP contribution in [0.25, 0.3) is 0 Å². The highest BCUT2D eigenvalue weighted by Gasteiger charge is 2.34. The minimum Gasteiger partial charge on any atom is -0.405 e. The molecule has 0 spiro atoms. The van der Waals surface area contributed by atoms with E-state index in [0.29, 0.717) is 0 Å². The van der Waals surface area contributed by atoms with Gasteiger partial charge in [0.2, 0.25) is 0 Å². The van der Waals surface area contributed by atoms with Gasteiger partial charge in [-0.15, -0.1) is 13.2 Å². The molecule has 0 aliphatic heterocycles. The summed E-state index contributed by atoms with van der Waals surface area (Å²) in [6.45, 7) is 1.38. The third-order valence-electron chi connectivity index (χ3n) is 1.81. The molecule has 1 atom stereocenters. The molecule has 0 saturated heterocycles. The summed E-state index contributed by atoms with van der Waals surface area (Å²) < 4.78 is 53.1. The van der Waals surface area contributed by atoms with Gasteiger partial charge in [0.15, 0.2) is 5.78 Å². The standard InChI is InChI=1S/C10H7BrF4O2/c1-5(11)9(16)8-6(12)3-2-4-7(8)17-10(13,14)15/h2-5H,1H3. The van der Waals surface area contributed by atoms with Crippen LogP contribution in [0.5, 0.6) is 5.75 Å². The molecule has 0 aromatic heterocycles. The van der Waals surface area contributed by atoms with Crippen LogP contribution in [-0.2, 0) is 0 Å². The summed E-state index contributed by atoms with van der Waals surface area (Å²) in [6.07, 6.45) is -4.97. The quantitative estimate of drug-likeness (QED) is 0.483. The molecule has 94 valence electrons. The van der Waals surface area contributed by atoms with E-state index in [1.54, 1.807) is 0 Å². The van der Waals surface area contributed by atoms with E-state index in [1.807, 2.05) is 0 Å². The lowest BCUT2D eigenvalue weighted by molar-refractivity contribution is -0.274. The van der Waals surface area contributed by atoms with Gasteiger partial charge in [0, 0.05) is 0 Å². The Morgan fingerprint density at radius 3 is 2.47 bits per heavy atom. The van der Waals surface area contributed by atoms with E-state index < -0.39 is 34.1 Å². The predicted octanol–water partition coefficient (Wildman–Crippen LogP) is 3.69. The fraction of sp³-hybridized carbons (Fsp3) is 0.300. The van der Waals surface area contributed by atoms with Crippen molar-refractivity contribution in [2.75, 3.05) is 0 Å². The number of carbonyl (C=O) groups excluding carboxylic acids is 1. The molecular formula is C10H7BrF4O2. The molecule has 17 heavy (non-hydrogen) atoms. The number of ether oxygens (including phenoxy) is 1. The summed E-state index contributed by atoms with van der Waals surface area (Å²) >= 11 is 2.87. The molecular weight excluding hydrogens is 308 g/mol. The first kappa shape index (κ1) is 14.0. The molecule has 1 rings (SSSR count). The maximum atomic E-state index is 13.3. The summed E-state index contributed by atoms with van der Waals surface area (Å²) in [5.74, 6) is -2.71. The number of ketones is 1. The molecule has 1 aromatic carbocycles. The Labute approximate surface area is 103 Å². The molecule has 0 bridgehead atoms. The smallest absolute Gasteiger partial charge is 0.405 e. The number of halogens is 5. The molecule has 0 radical (unpaired) electrons. The van der Waals surface area contributed by atoms with Gasteiger partial charge in [0.1, 0.15) is 11.6 Å². The van der Waals surface area contributed by atoms with Crippen molar-refractivity contribution in [2.45, 2.75) is 18.1 Å². The fourth-order valence-electron chi connectivity index (χ4n) is 1.15. The number of hydrogen-bond donors (Lipinski definition) is 0. The van der Waals surface area contributed by atoms with E-state index in [0.717, 1.165) is 18.2 Å². The summed E-state index contributed by atoms with van der Waals surface area (Å²) in [7, 11) is 0. The topological polar surface area (TPSA) is 26.3 Å². The van der Waals surface area contributed by atoms with Crippen LogP contribution in [0.3, 0.4) is 0 Å². The Morgan fingerprint density at radius 2 is 2.00 bits per heavy atom. The first-order valence-corrected chi connectivity index (χ1v) is 5.36. The Kier molecular flexibility index (Phi) is 4.13. The first-order valence-electron chi connectivity index (χ1n) is 4.45. The molecule has 0 amide bonds. The monoisotopic (exact) mass is 314 g/mol. The first-order chi connectivity index (χ1) is 7.72. The van der Waals surface area contributed by atoms with Crippen molar-refractivity contribution in [3.05, 3.63) is 29.6 Å². The molecule has 0 heterocycles. The van der Waals surface area contributed by atoms with Crippen molar-refractivity contribution in [3.8, 4) is 5.75 Å². The van der Waals surface area contributed by atoms with Gasteiger partial charge >= 0.3 is 6.36 Å². The highest BCUT2D eigenvalue weighted by Crippen LogP contribution is 2.29. The van der Waals surface area contributed by atoms with E-state index in [4.69, 9.17) is 0 Å². The normalized spacial score (nSPS) is 13.3. The lowest BCUT2D eigenvalue weighted by Crippen LogP contribution is -2.21. The number of hydrogen-bond acceptors (Lipinski definition) is 2. The van der Waals surface area contributed by atoms with Gasteiger partial charge in [-0.2, -0.15) is 0 Å². The minimum atomic E-state index is -4.97. The zero-order valence-corrected chi connectivity index (χ0v) is 10.1. The van der Waals surface area contributed by atoms with E-state index >= 15 is 0 Å². The summed E-state index contributed by atoms with van der Waals surface area (Å²) in [5, 5.41) is 0. The van der Waals surface area contributed by atoms with Gasteiger partial charge in [-0.25, -0.2) is 4.39 Å². The third-order valence-corrected chi connectivity index (χ3v) is 2.22. The Bertz CT molecular complexity index is 429. The van der Waals surface area contributed by atoms with Crippen LogP contribution in [0.4, 0.5) is 17.6 Å². The van der Waals surface area contributed by atoms with Crippen molar-refractivity contribution < 1.29 is 27.1 Å². The largest absolute Gasteiger partial charge is 0.573 e. The molecule has 0 aliphatic carbocycles. The van der Waals surface area contributed by atoms with Crippen LogP contribution in [0.15, 0.2) is 18.2 Å². The number of Topliss-reactive ketones (excluding diaryl/α,β-unsaturated/α-hetero) is 1. The Balaban J connectivity index is 3.22. The maximum absolute atomic E-state index is 13.3. The lowest BCUT2D eigenvalue weighted by Gasteiger charge is -2.13. The van der Waals surface area contributed by atoms with Gasteiger partial charge in [-0.3, -0.25) is 4.79 Å². The van der Waals surface area contributed by atoms with Crippen LogP contribution >= 0.6 is 15.9 Å². The lowest BCUT2D eigenvalue weighted by atomic mass is 10.1. The van der Waals surface area contributed by atoms with Gasteiger partial charge in [-0.1, -0.05) is 22.0 Å². The van der Waals surface area contributed by atoms with E-state index in [-0.39, 0.29) is 0 Å². The number of carbonyl (C=O) groups is 1. The second-order valence-electron chi connectivity index (χ2n) is 3.14. The van der Waals surface area contributed by atoms with E-state index in [9.17, 15) is 22.4 Å². The zero-order valence-electron chi connectivity index (χ0n) is 8.52. The Morgan fingerprint density at radius 1 is 1.41 bits per heavy atom. The third kappa shape index (κ3) is 3.69. The van der Waals surface area contributed by atoms with Crippen molar-refractivity contribution >= 4 is 21.7 Å². The SMILES string of the molecule is CC(Br)C(=O)c1c(F)cccc1OC(F)(F)F. The van der Waals surface area contributed by atoms with E-state index in [1.165, 1.54) is 6.92 Å². The number of benzene rings is 1. The van der Waals surface area contributed by atoms with Gasteiger partial charge in [0.05, 0.1) is 10.4 Å². The second-order valence-corrected chi connectivity index (χ2v) is 4.51. The second kappa shape index (κ2) is 5.03. The van der Waals surface area contributed by atoms with Crippen LogP contribution in [0.2, 0.25) is 0 Å². The molecule has 1 unspecified atom stereocenters. The molecule has 0 saturated carbocycles. The van der Waals surface area contributed by atoms with Crippen LogP contribution < -0.4 is 4.74 Å². The summed E-state index contributed by atoms with van der Waals surface area (Å²) in [6, 6.07) is 2.82. The van der Waals surface area contributed by atoms with Gasteiger partial charge in [0.25, 0.3) is 0 Å². The number of rotatable bonds is 3. The highest BCUT2D eigenvalue weighted by molar-refractivity contribution is 9.10. The maximum Gasteiger partial charge on any atom is 0.573 e. The molecule has 1 aromatic rings. The van der Waals surface area contributed by atoms with Crippen LogP contribution in [0, 0.1) is 5.82 Å². The fourth-order valence-corrected chi connectivity index (χ4v) is 1.38. The average molecular weight is 315 g/mol. The van der Waals surface area contributed by atoms with Crippen molar-refractivity contribution in [1.29, 1.82) is 0 Å². The average Bonchev–Trinajstić information content (AvgIpc) is 2.14. The summed E-state index contributed by atoms with van der Waals surface area (Å²) in [4.78, 5) is 10.7.